The monoisotopic (exact) mass is 238 g/mol. The van der Waals surface area contributed by atoms with Crippen LogP contribution in [0.25, 0.3) is 0 Å². The maximum atomic E-state index is 12.0. The average molecular weight is 238 g/mol. The molecule has 100 valence electrons. The highest BCUT2D eigenvalue weighted by Crippen LogP contribution is 2.41. The SMILES string of the molecule is CC(C)(C)C(=O)CC1CCC(C(C)(C)C)CC1. The van der Waals surface area contributed by atoms with Gasteiger partial charge in [-0.3, -0.25) is 4.79 Å². The number of hydrogen-bond acceptors (Lipinski definition) is 1. The fraction of sp³-hybridized carbons (Fsp3) is 0.938. The van der Waals surface area contributed by atoms with Gasteiger partial charge in [-0.15, -0.1) is 0 Å². The molecule has 1 aliphatic rings. The minimum Gasteiger partial charge on any atom is -0.299 e. The van der Waals surface area contributed by atoms with Crippen LogP contribution in [0.1, 0.15) is 73.6 Å². The molecule has 17 heavy (non-hydrogen) atoms. The smallest absolute Gasteiger partial charge is 0.138 e. The molecule has 0 aromatic heterocycles. The number of Topliss-reactive ketones (excluding diaryl/α,β-unsaturated/α-hetero) is 1. The molecular formula is C16H30O. The Morgan fingerprint density at radius 3 is 1.76 bits per heavy atom. The second kappa shape index (κ2) is 5.12. The Kier molecular flexibility index (Phi) is 4.43. The summed E-state index contributed by atoms with van der Waals surface area (Å²) in [6.07, 6.45) is 5.94. The molecular weight excluding hydrogens is 208 g/mol. The summed E-state index contributed by atoms with van der Waals surface area (Å²) in [7, 11) is 0. The molecule has 1 heteroatoms. The van der Waals surface area contributed by atoms with Crippen molar-refractivity contribution in [1.29, 1.82) is 0 Å². The number of hydrogen-bond donors (Lipinski definition) is 0. The van der Waals surface area contributed by atoms with Gasteiger partial charge in [0.15, 0.2) is 0 Å². The second-order valence-electron chi connectivity index (χ2n) is 7.96. The van der Waals surface area contributed by atoms with Crippen molar-refractivity contribution in [3.8, 4) is 0 Å². The Morgan fingerprint density at radius 1 is 0.941 bits per heavy atom. The zero-order valence-corrected chi connectivity index (χ0v) is 12.6. The maximum Gasteiger partial charge on any atom is 0.138 e. The first-order valence-corrected chi connectivity index (χ1v) is 7.14. The first-order chi connectivity index (χ1) is 7.60. The van der Waals surface area contributed by atoms with E-state index in [0.29, 0.717) is 17.1 Å². The lowest BCUT2D eigenvalue weighted by atomic mass is 9.68. The number of carbonyl (C=O) groups excluding carboxylic acids is 1. The van der Waals surface area contributed by atoms with Crippen molar-refractivity contribution < 1.29 is 4.79 Å². The lowest BCUT2D eigenvalue weighted by molar-refractivity contribution is -0.127. The van der Waals surface area contributed by atoms with Crippen LogP contribution in [-0.2, 0) is 4.79 Å². The quantitative estimate of drug-likeness (QED) is 0.672. The van der Waals surface area contributed by atoms with E-state index in [9.17, 15) is 4.79 Å². The predicted octanol–water partition coefficient (Wildman–Crippen LogP) is 4.84. The maximum absolute atomic E-state index is 12.0. The third kappa shape index (κ3) is 4.44. The van der Waals surface area contributed by atoms with Crippen LogP contribution in [-0.4, -0.2) is 5.78 Å². The topological polar surface area (TPSA) is 17.1 Å². The molecule has 0 aromatic rings. The van der Waals surface area contributed by atoms with E-state index < -0.39 is 0 Å². The van der Waals surface area contributed by atoms with E-state index in [4.69, 9.17) is 0 Å². The van der Waals surface area contributed by atoms with Crippen LogP contribution in [0.15, 0.2) is 0 Å². The van der Waals surface area contributed by atoms with Gasteiger partial charge in [0.05, 0.1) is 0 Å². The highest BCUT2D eigenvalue weighted by atomic mass is 16.1. The standard InChI is InChI=1S/C16H30O/c1-15(2,3)13-9-7-12(8-10-13)11-14(17)16(4,5)6/h12-13H,7-11H2,1-6H3. The lowest BCUT2D eigenvalue weighted by Gasteiger charge is -2.37. The van der Waals surface area contributed by atoms with Crippen molar-refractivity contribution in [2.24, 2.45) is 22.7 Å². The summed E-state index contributed by atoms with van der Waals surface area (Å²) in [6.45, 7) is 13.2. The van der Waals surface area contributed by atoms with Gasteiger partial charge in [-0.2, -0.15) is 0 Å². The van der Waals surface area contributed by atoms with E-state index in [1.165, 1.54) is 25.7 Å². The van der Waals surface area contributed by atoms with Gasteiger partial charge in [0.25, 0.3) is 0 Å². The summed E-state index contributed by atoms with van der Waals surface area (Å²) >= 11 is 0. The second-order valence-corrected chi connectivity index (χ2v) is 7.96. The Morgan fingerprint density at radius 2 is 1.41 bits per heavy atom. The van der Waals surface area contributed by atoms with Crippen LogP contribution in [0.4, 0.5) is 0 Å². The van der Waals surface area contributed by atoms with Gasteiger partial charge < -0.3 is 0 Å². The summed E-state index contributed by atoms with van der Waals surface area (Å²) in [4.78, 5) is 12.0. The van der Waals surface area contributed by atoms with Gasteiger partial charge in [0, 0.05) is 11.8 Å². The van der Waals surface area contributed by atoms with Crippen molar-refractivity contribution in [2.45, 2.75) is 73.6 Å². The van der Waals surface area contributed by atoms with E-state index >= 15 is 0 Å². The molecule has 0 aromatic carbocycles. The molecule has 0 amide bonds. The van der Waals surface area contributed by atoms with Crippen LogP contribution >= 0.6 is 0 Å². The molecule has 0 saturated heterocycles. The van der Waals surface area contributed by atoms with Gasteiger partial charge in [-0.25, -0.2) is 0 Å². The van der Waals surface area contributed by atoms with Crippen LogP contribution < -0.4 is 0 Å². The van der Waals surface area contributed by atoms with Crippen LogP contribution in [0, 0.1) is 22.7 Å². The van der Waals surface area contributed by atoms with E-state index in [1.54, 1.807) is 0 Å². The summed E-state index contributed by atoms with van der Waals surface area (Å²) in [6, 6.07) is 0. The molecule has 0 N–H and O–H groups in total. The van der Waals surface area contributed by atoms with E-state index in [-0.39, 0.29) is 5.41 Å². The first kappa shape index (κ1) is 14.7. The number of rotatable bonds is 2. The molecule has 0 aliphatic heterocycles. The summed E-state index contributed by atoms with van der Waals surface area (Å²) < 4.78 is 0. The number of ketones is 1. The van der Waals surface area contributed by atoms with Crippen molar-refractivity contribution in [2.75, 3.05) is 0 Å². The molecule has 1 nitrogen and oxygen atoms in total. The molecule has 1 saturated carbocycles. The van der Waals surface area contributed by atoms with Gasteiger partial charge in [0.2, 0.25) is 0 Å². The Labute approximate surface area is 107 Å². The molecule has 1 rings (SSSR count). The van der Waals surface area contributed by atoms with E-state index in [1.807, 2.05) is 20.8 Å². The van der Waals surface area contributed by atoms with Crippen molar-refractivity contribution in [3.05, 3.63) is 0 Å². The lowest BCUT2D eigenvalue weighted by Crippen LogP contribution is -2.29. The van der Waals surface area contributed by atoms with Gasteiger partial charge >= 0.3 is 0 Å². The Balaban J connectivity index is 2.41. The summed E-state index contributed by atoms with van der Waals surface area (Å²) in [5.74, 6) is 1.94. The minimum atomic E-state index is -0.152. The van der Waals surface area contributed by atoms with Crippen molar-refractivity contribution >= 4 is 5.78 Å². The summed E-state index contributed by atoms with van der Waals surface area (Å²) in [5, 5.41) is 0. The molecule has 0 spiro atoms. The zero-order valence-electron chi connectivity index (χ0n) is 12.6. The summed E-state index contributed by atoms with van der Waals surface area (Å²) in [5.41, 5.74) is 0.292. The molecule has 0 unspecified atom stereocenters. The molecule has 1 aliphatic carbocycles. The van der Waals surface area contributed by atoms with Crippen molar-refractivity contribution in [1.82, 2.24) is 0 Å². The zero-order chi connectivity index (χ0) is 13.3. The predicted molar refractivity (Wildman–Crippen MR) is 74.0 cm³/mol. The first-order valence-electron chi connectivity index (χ1n) is 7.14. The fourth-order valence-corrected chi connectivity index (χ4v) is 2.80. The third-order valence-electron chi connectivity index (χ3n) is 4.38. The van der Waals surface area contributed by atoms with Gasteiger partial charge in [-0.05, 0) is 42.9 Å². The number of carbonyl (C=O) groups is 1. The van der Waals surface area contributed by atoms with Gasteiger partial charge in [0.1, 0.15) is 5.78 Å². The van der Waals surface area contributed by atoms with Gasteiger partial charge in [-0.1, -0.05) is 41.5 Å². The van der Waals surface area contributed by atoms with Crippen LogP contribution in [0.5, 0.6) is 0 Å². The Hall–Kier alpha value is -0.330. The largest absolute Gasteiger partial charge is 0.299 e. The third-order valence-corrected chi connectivity index (χ3v) is 4.38. The van der Waals surface area contributed by atoms with E-state index in [0.717, 1.165) is 12.3 Å². The van der Waals surface area contributed by atoms with Crippen LogP contribution in [0.3, 0.4) is 0 Å². The van der Waals surface area contributed by atoms with Crippen LogP contribution in [0.2, 0.25) is 0 Å². The average Bonchev–Trinajstić information content (AvgIpc) is 2.15. The van der Waals surface area contributed by atoms with E-state index in [2.05, 4.69) is 20.8 Å². The molecule has 0 atom stereocenters. The molecule has 0 radical (unpaired) electrons. The molecule has 1 fully saturated rings. The highest BCUT2D eigenvalue weighted by Gasteiger charge is 2.32. The Bertz CT molecular complexity index is 256. The highest BCUT2D eigenvalue weighted by molar-refractivity contribution is 5.83. The minimum absolute atomic E-state index is 0.152. The fourth-order valence-electron chi connectivity index (χ4n) is 2.80. The molecule has 0 heterocycles. The van der Waals surface area contributed by atoms with Crippen molar-refractivity contribution in [3.63, 3.8) is 0 Å². The molecule has 0 bridgehead atoms. The normalized spacial score (nSPS) is 26.9.